The van der Waals surface area contributed by atoms with Gasteiger partial charge in [-0.25, -0.2) is 8.42 Å². The third-order valence-electron chi connectivity index (χ3n) is 4.49. The molecule has 9 heteroatoms. The van der Waals surface area contributed by atoms with Crippen molar-refractivity contribution in [3.63, 3.8) is 0 Å². The van der Waals surface area contributed by atoms with Gasteiger partial charge < -0.3 is 5.11 Å². The fraction of sp³-hybridized carbons (Fsp3) is 0.316. The van der Waals surface area contributed by atoms with Gasteiger partial charge in [0.25, 0.3) is 5.56 Å². The molecule has 0 radical (unpaired) electrons. The van der Waals surface area contributed by atoms with Crippen molar-refractivity contribution in [2.45, 2.75) is 25.7 Å². The highest BCUT2D eigenvalue weighted by Gasteiger charge is 2.21. The Kier molecular flexibility index (Phi) is 6.38. The lowest BCUT2D eigenvalue weighted by Gasteiger charge is -2.18. The highest BCUT2D eigenvalue weighted by atomic mass is 32.2. The minimum atomic E-state index is -3.55. The largest absolute Gasteiger partial charge is 0.494 e. The molecule has 1 N–H and O–H groups in total. The molecule has 28 heavy (non-hydrogen) atoms. The predicted octanol–water partition coefficient (Wildman–Crippen LogP) is 2.05. The number of aromatic nitrogens is 1. The molecule has 0 unspecified atom stereocenters. The highest BCUT2D eigenvalue weighted by Crippen LogP contribution is 2.22. The van der Waals surface area contributed by atoms with Crippen LogP contribution in [0.5, 0.6) is 5.88 Å². The van der Waals surface area contributed by atoms with Crippen LogP contribution in [0.4, 0.5) is 5.69 Å². The lowest BCUT2D eigenvalue weighted by Crippen LogP contribution is -2.30. The van der Waals surface area contributed by atoms with Gasteiger partial charge >= 0.3 is 0 Å². The van der Waals surface area contributed by atoms with Crippen LogP contribution < -0.4 is 5.56 Å². The van der Waals surface area contributed by atoms with Gasteiger partial charge in [0.05, 0.1) is 16.1 Å². The Morgan fingerprint density at radius 1 is 1.25 bits per heavy atom. The topological polar surface area (TPSA) is 116 Å². The molecule has 0 aliphatic rings. The molecule has 0 atom stereocenters. The Labute approximate surface area is 164 Å². The van der Waals surface area contributed by atoms with E-state index in [1.165, 1.54) is 29.7 Å². The summed E-state index contributed by atoms with van der Waals surface area (Å²) in [6.45, 7) is 5.87. The van der Waals surface area contributed by atoms with Crippen LogP contribution in [0.3, 0.4) is 0 Å². The standard InChI is InChI=1S/C19H22N4O4S/c1-5-23(6-2)28(26,27)15-9-7-14(8-10-15)21-12-17-13(3)16(11-20)18(24)22(4)19(17)25/h7-10,12,25H,5-6H2,1-4H3. The second-order valence-corrected chi connectivity index (χ2v) is 7.99. The van der Waals surface area contributed by atoms with Crippen molar-refractivity contribution >= 4 is 21.9 Å². The summed E-state index contributed by atoms with van der Waals surface area (Å²) >= 11 is 0. The summed E-state index contributed by atoms with van der Waals surface area (Å²) in [5, 5.41) is 19.4. The van der Waals surface area contributed by atoms with Crippen LogP contribution in [0.1, 0.15) is 30.5 Å². The molecule has 0 amide bonds. The van der Waals surface area contributed by atoms with Crippen LogP contribution in [0.25, 0.3) is 0 Å². The number of pyridine rings is 1. The zero-order valence-corrected chi connectivity index (χ0v) is 17.0. The maximum absolute atomic E-state index is 12.5. The number of rotatable bonds is 6. The van der Waals surface area contributed by atoms with E-state index in [1.54, 1.807) is 32.9 Å². The third-order valence-corrected chi connectivity index (χ3v) is 6.55. The van der Waals surface area contributed by atoms with Gasteiger partial charge in [0, 0.05) is 26.4 Å². The van der Waals surface area contributed by atoms with Gasteiger partial charge in [0.15, 0.2) is 0 Å². The van der Waals surface area contributed by atoms with E-state index in [-0.39, 0.29) is 21.9 Å². The lowest BCUT2D eigenvalue weighted by molar-refractivity contribution is 0.421. The van der Waals surface area contributed by atoms with Crippen LogP contribution in [-0.4, -0.2) is 41.7 Å². The summed E-state index contributed by atoms with van der Waals surface area (Å²) in [4.78, 5) is 16.4. The molecule has 1 aromatic heterocycles. The SMILES string of the molecule is CCN(CC)S(=O)(=O)c1ccc(N=Cc2c(C)c(C#N)c(=O)n(C)c2O)cc1. The first-order valence-corrected chi connectivity index (χ1v) is 10.1. The van der Waals surface area contributed by atoms with Crippen molar-refractivity contribution in [1.82, 2.24) is 8.87 Å². The fourth-order valence-corrected chi connectivity index (χ4v) is 4.21. The Hall–Kier alpha value is -2.96. The van der Waals surface area contributed by atoms with Crippen LogP contribution in [0.15, 0.2) is 38.9 Å². The molecule has 0 aliphatic carbocycles. The average Bonchev–Trinajstić information content (AvgIpc) is 2.68. The third kappa shape index (κ3) is 3.83. The maximum atomic E-state index is 12.5. The zero-order chi connectivity index (χ0) is 21.1. The molecule has 1 aromatic carbocycles. The lowest BCUT2D eigenvalue weighted by atomic mass is 10.1. The zero-order valence-electron chi connectivity index (χ0n) is 16.2. The first-order chi connectivity index (χ1) is 13.2. The molecule has 2 rings (SSSR count). The normalized spacial score (nSPS) is 11.9. The quantitative estimate of drug-likeness (QED) is 0.743. The summed E-state index contributed by atoms with van der Waals surface area (Å²) in [7, 11) is -2.19. The molecule has 148 valence electrons. The fourth-order valence-electron chi connectivity index (χ4n) is 2.75. The van der Waals surface area contributed by atoms with Crippen LogP contribution in [-0.2, 0) is 17.1 Å². The monoisotopic (exact) mass is 402 g/mol. The van der Waals surface area contributed by atoms with E-state index in [1.807, 2.05) is 6.07 Å². The van der Waals surface area contributed by atoms with Gasteiger partial charge in [-0.1, -0.05) is 13.8 Å². The van der Waals surface area contributed by atoms with Crippen molar-refractivity contribution in [3.8, 4) is 11.9 Å². The van der Waals surface area contributed by atoms with E-state index >= 15 is 0 Å². The second-order valence-electron chi connectivity index (χ2n) is 6.05. The summed E-state index contributed by atoms with van der Waals surface area (Å²) in [6.07, 6.45) is 1.35. The molecule has 0 saturated heterocycles. The van der Waals surface area contributed by atoms with Crippen LogP contribution in [0, 0.1) is 18.3 Å². The molecular weight excluding hydrogens is 380 g/mol. The average molecular weight is 402 g/mol. The summed E-state index contributed by atoms with van der Waals surface area (Å²) in [5.41, 5.74) is 0.388. The van der Waals surface area contributed by atoms with E-state index < -0.39 is 15.6 Å². The van der Waals surface area contributed by atoms with E-state index in [9.17, 15) is 18.3 Å². The van der Waals surface area contributed by atoms with Crippen molar-refractivity contribution in [2.24, 2.45) is 12.0 Å². The number of aliphatic imine (C=N–C) groups is 1. The van der Waals surface area contributed by atoms with Gasteiger partial charge in [-0.3, -0.25) is 14.4 Å². The Balaban J connectivity index is 2.41. The molecule has 0 fully saturated rings. The number of sulfonamides is 1. The molecule has 1 heterocycles. The number of nitrogens with zero attached hydrogens (tertiary/aromatic N) is 4. The number of nitriles is 1. The molecule has 8 nitrogen and oxygen atoms in total. The van der Waals surface area contributed by atoms with Gasteiger partial charge in [-0.15, -0.1) is 0 Å². The van der Waals surface area contributed by atoms with Gasteiger partial charge in [0.2, 0.25) is 15.9 Å². The van der Waals surface area contributed by atoms with Crippen molar-refractivity contribution in [3.05, 3.63) is 51.3 Å². The van der Waals surface area contributed by atoms with Crippen LogP contribution >= 0.6 is 0 Å². The minimum Gasteiger partial charge on any atom is -0.494 e. The number of aromatic hydroxyl groups is 1. The number of hydrogen-bond donors (Lipinski definition) is 1. The Bertz CT molecular complexity index is 1110. The Morgan fingerprint density at radius 2 is 1.82 bits per heavy atom. The van der Waals surface area contributed by atoms with Crippen molar-refractivity contribution in [1.29, 1.82) is 5.26 Å². The summed E-state index contributed by atoms with van der Waals surface area (Å²) in [5.74, 6) is -0.300. The smallest absolute Gasteiger partial charge is 0.271 e. The maximum Gasteiger partial charge on any atom is 0.271 e. The predicted molar refractivity (Wildman–Crippen MR) is 107 cm³/mol. The van der Waals surface area contributed by atoms with E-state index in [0.29, 0.717) is 24.3 Å². The van der Waals surface area contributed by atoms with Gasteiger partial charge in [-0.2, -0.15) is 9.57 Å². The van der Waals surface area contributed by atoms with Crippen molar-refractivity contribution in [2.75, 3.05) is 13.1 Å². The molecule has 0 saturated carbocycles. The van der Waals surface area contributed by atoms with Gasteiger partial charge in [0.1, 0.15) is 11.6 Å². The van der Waals surface area contributed by atoms with E-state index in [4.69, 9.17) is 5.26 Å². The molecular formula is C19H22N4O4S. The molecule has 0 aliphatic heterocycles. The molecule has 2 aromatic rings. The Morgan fingerprint density at radius 3 is 2.32 bits per heavy atom. The van der Waals surface area contributed by atoms with Crippen LogP contribution in [0.2, 0.25) is 0 Å². The number of benzene rings is 1. The van der Waals surface area contributed by atoms with Gasteiger partial charge in [-0.05, 0) is 36.8 Å². The highest BCUT2D eigenvalue weighted by molar-refractivity contribution is 7.89. The van der Waals surface area contributed by atoms with E-state index in [2.05, 4.69) is 4.99 Å². The second kappa shape index (κ2) is 8.37. The minimum absolute atomic E-state index is 0.0672. The molecule has 0 spiro atoms. The summed E-state index contributed by atoms with van der Waals surface area (Å²) < 4.78 is 27.4. The molecule has 0 bridgehead atoms. The first kappa shape index (κ1) is 21.3. The van der Waals surface area contributed by atoms with Crippen molar-refractivity contribution < 1.29 is 13.5 Å². The number of hydrogen-bond acceptors (Lipinski definition) is 6. The summed E-state index contributed by atoms with van der Waals surface area (Å²) in [6, 6.07) is 7.87. The van der Waals surface area contributed by atoms with E-state index in [0.717, 1.165) is 4.57 Å². The first-order valence-electron chi connectivity index (χ1n) is 8.65.